The summed E-state index contributed by atoms with van der Waals surface area (Å²) >= 11 is 0. The molecule has 0 radical (unpaired) electrons. The van der Waals surface area contributed by atoms with E-state index >= 15 is 0 Å². The Morgan fingerprint density at radius 3 is 2.76 bits per heavy atom. The van der Waals surface area contributed by atoms with Gasteiger partial charge in [0.1, 0.15) is 21.4 Å². The fourth-order valence-electron chi connectivity index (χ4n) is 1.78. The number of carboxylic acid groups (broad SMARTS) is 1. The topological polar surface area (TPSA) is 110 Å². The van der Waals surface area contributed by atoms with Gasteiger partial charge in [-0.1, -0.05) is 19.1 Å². The molecule has 2 rings (SSSR count). The van der Waals surface area contributed by atoms with Gasteiger partial charge >= 0.3 is 5.97 Å². The molecule has 0 aliphatic heterocycles. The van der Waals surface area contributed by atoms with E-state index in [4.69, 9.17) is 9.52 Å². The third-order valence-corrected chi connectivity index (χ3v) is 4.78. The number of rotatable bonds is 7. The lowest BCUT2D eigenvalue weighted by molar-refractivity contribution is -0.138. The van der Waals surface area contributed by atoms with Crippen molar-refractivity contribution < 1.29 is 22.7 Å². The van der Waals surface area contributed by atoms with Crippen molar-refractivity contribution >= 4 is 32.9 Å². The lowest BCUT2D eigenvalue weighted by Gasteiger charge is -2.12. The summed E-state index contributed by atoms with van der Waals surface area (Å²) in [6.45, 7) is 1.53. The summed E-state index contributed by atoms with van der Waals surface area (Å²) in [7, 11) is -3.22. The van der Waals surface area contributed by atoms with Crippen LogP contribution in [0.4, 0.5) is 6.01 Å². The summed E-state index contributed by atoms with van der Waals surface area (Å²) in [4.78, 5) is 15.3. The number of para-hydroxylation sites is 2. The molecule has 0 saturated heterocycles. The van der Waals surface area contributed by atoms with Gasteiger partial charge < -0.3 is 14.8 Å². The van der Waals surface area contributed by atoms with E-state index in [1.54, 1.807) is 24.3 Å². The number of benzene rings is 1. The van der Waals surface area contributed by atoms with Crippen LogP contribution in [0.5, 0.6) is 0 Å². The number of oxazole rings is 1. The molecular formula is C13H16N2O5S. The molecule has 21 heavy (non-hydrogen) atoms. The first-order valence-corrected chi connectivity index (χ1v) is 8.29. The van der Waals surface area contributed by atoms with E-state index in [0.717, 1.165) is 0 Å². The number of sulfone groups is 1. The minimum atomic E-state index is -3.22. The van der Waals surface area contributed by atoms with Crippen LogP contribution in [-0.4, -0.2) is 42.0 Å². The van der Waals surface area contributed by atoms with Crippen molar-refractivity contribution in [2.24, 2.45) is 0 Å². The second-order valence-electron chi connectivity index (χ2n) is 4.55. The standard InChI is InChI=1S/C13H16N2O5S/c1-2-21(18,19)8-7-10(12(16)17)15-13-14-9-5-3-4-6-11(9)20-13/h3-6,10H,2,7-8H2,1H3,(H,14,15)(H,16,17). The Kier molecular flexibility index (Phi) is 4.46. The molecular weight excluding hydrogens is 296 g/mol. The molecule has 0 bridgehead atoms. The highest BCUT2D eigenvalue weighted by Crippen LogP contribution is 2.19. The fourth-order valence-corrected chi connectivity index (χ4v) is 2.67. The van der Waals surface area contributed by atoms with Crippen molar-refractivity contribution in [3.8, 4) is 0 Å². The zero-order chi connectivity index (χ0) is 15.5. The van der Waals surface area contributed by atoms with Crippen LogP contribution in [-0.2, 0) is 14.6 Å². The first-order valence-electron chi connectivity index (χ1n) is 6.46. The Morgan fingerprint density at radius 2 is 2.14 bits per heavy atom. The normalized spacial score (nSPS) is 13.2. The third-order valence-electron chi connectivity index (χ3n) is 3.05. The molecule has 1 atom stereocenters. The summed E-state index contributed by atoms with van der Waals surface area (Å²) in [5.74, 6) is -1.36. The van der Waals surface area contributed by atoms with Crippen molar-refractivity contribution in [3.05, 3.63) is 24.3 Å². The number of aliphatic carboxylic acids is 1. The van der Waals surface area contributed by atoms with Gasteiger partial charge in [-0.3, -0.25) is 0 Å². The number of hydrogen-bond acceptors (Lipinski definition) is 6. The summed E-state index contributed by atoms with van der Waals surface area (Å²) in [6.07, 6.45) is -0.0514. The molecule has 1 unspecified atom stereocenters. The van der Waals surface area contributed by atoms with Crippen molar-refractivity contribution in [1.29, 1.82) is 0 Å². The molecule has 2 aromatic rings. The van der Waals surface area contributed by atoms with Crippen LogP contribution >= 0.6 is 0 Å². The van der Waals surface area contributed by atoms with Crippen LogP contribution < -0.4 is 5.32 Å². The number of nitrogens with zero attached hydrogens (tertiary/aromatic N) is 1. The van der Waals surface area contributed by atoms with Crippen molar-refractivity contribution in [2.75, 3.05) is 16.8 Å². The zero-order valence-electron chi connectivity index (χ0n) is 11.4. The Bertz CT molecular complexity index is 705. The molecule has 7 nitrogen and oxygen atoms in total. The van der Waals surface area contributed by atoms with E-state index in [-0.39, 0.29) is 23.9 Å². The van der Waals surface area contributed by atoms with Crippen LogP contribution in [0, 0.1) is 0 Å². The number of carbonyl (C=O) groups is 1. The largest absolute Gasteiger partial charge is 0.480 e. The molecule has 0 amide bonds. The Labute approximate surface area is 121 Å². The predicted octanol–water partition coefficient (Wildman–Crippen LogP) is 1.52. The van der Waals surface area contributed by atoms with Gasteiger partial charge in [-0.25, -0.2) is 13.2 Å². The Hall–Kier alpha value is -2.09. The van der Waals surface area contributed by atoms with Crippen molar-refractivity contribution in [2.45, 2.75) is 19.4 Å². The van der Waals surface area contributed by atoms with Crippen molar-refractivity contribution in [3.63, 3.8) is 0 Å². The van der Waals surface area contributed by atoms with Crippen LogP contribution in [0.2, 0.25) is 0 Å². The molecule has 8 heteroatoms. The van der Waals surface area contributed by atoms with Gasteiger partial charge in [-0.15, -0.1) is 0 Å². The first kappa shape index (κ1) is 15.3. The van der Waals surface area contributed by atoms with Gasteiger partial charge in [0, 0.05) is 5.75 Å². The summed E-state index contributed by atoms with van der Waals surface area (Å²) < 4.78 is 28.3. The highest BCUT2D eigenvalue weighted by molar-refractivity contribution is 7.91. The molecule has 1 heterocycles. The molecule has 0 fully saturated rings. The number of aromatic nitrogens is 1. The average molecular weight is 312 g/mol. The van der Waals surface area contributed by atoms with Gasteiger partial charge in [0.05, 0.1) is 5.75 Å². The van der Waals surface area contributed by atoms with Gasteiger partial charge in [-0.2, -0.15) is 4.98 Å². The molecule has 1 aromatic carbocycles. The van der Waals surface area contributed by atoms with Gasteiger partial charge in [0.25, 0.3) is 6.01 Å². The van der Waals surface area contributed by atoms with Crippen LogP contribution in [0.25, 0.3) is 11.1 Å². The molecule has 0 aliphatic carbocycles. The van der Waals surface area contributed by atoms with Crippen LogP contribution in [0.15, 0.2) is 28.7 Å². The summed E-state index contributed by atoms with van der Waals surface area (Å²) in [6, 6.07) is 6.01. The Balaban J connectivity index is 2.10. The maximum absolute atomic E-state index is 11.5. The summed E-state index contributed by atoms with van der Waals surface area (Å²) in [5.41, 5.74) is 1.13. The number of nitrogens with one attached hydrogen (secondary N) is 1. The molecule has 2 N–H and O–H groups in total. The minimum Gasteiger partial charge on any atom is -0.480 e. The molecule has 0 saturated carbocycles. The number of fused-ring (bicyclic) bond motifs is 1. The molecule has 0 aliphatic rings. The number of carboxylic acids is 1. The van der Waals surface area contributed by atoms with Gasteiger partial charge in [0.2, 0.25) is 0 Å². The first-order chi connectivity index (χ1) is 9.91. The van der Waals surface area contributed by atoms with E-state index in [1.807, 2.05) is 0 Å². The van der Waals surface area contributed by atoms with E-state index < -0.39 is 21.8 Å². The highest BCUT2D eigenvalue weighted by atomic mass is 32.2. The predicted molar refractivity (Wildman–Crippen MR) is 78.0 cm³/mol. The van der Waals surface area contributed by atoms with E-state index in [0.29, 0.717) is 11.1 Å². The zero-order valence-corrected chi connectivity index (χ0v) is 12.3. The highest BCUT2D eigenvalue weighted by Gasteiger charge is 2.22. The number of anilines is 1. The molecule has 0 spiro atoms. The average Bonchev–Trinajstić information content (AvgIpc) is 2.85. The van der Waals surface area contributed by atoms with E-state index in [9.17, 15) is 13.2 Å². The molecule has 114 valence electrons. The smallest absolute Gasteiger partial charge is 0.326 e. The Morgan fingerprint density at radius 1 is 1.43 bits per heavy atom. The monoisotopic (exact) mass is 312 g/mol. The van der Waals surface area contributed by atoms with Crippen LogP contribution in [0.3, 0.4) is 0 Å². The minimum absolute atomic E-state index is 0.0117. The molecule has 1 aromatic heterocycles. The van der Waals surface area contributed by atoms with E-state index in [2.05, 4.69) is 10.3 Å². The maximum atomic E-state index is 11.5. The van der Waals surface area contributed by atoms with Crippen LogP contribution in [0.1, 0.15) is 13.3 Å². The SMILES string of the molecule is CCS(=O)(=O)CCC(Nc1nc2ccccc2o1)C(=O)O. The van der Waals surface area contributed by atoms with Gasteiger partial charge in [-0.05, 0) is 18.6 Å². The quantitative estimate of drug-likeness (QED) is 0.797. The number of hydrogen-bond donors (Lipinski definition) is 2. The third kappa shape index (κ3) is 3.94. The lowest BCUT2D eigenvalue weighted by Crippen LogP contribution is -2.31. The van der Waals surface area contributed by atoms with E-state index in [1.165, 1.54) is 6.92 Å². The maximum Gasteiger partial charge on any atom is 0.326 e. The van der Waals surface area contributed by atoms with Gasteiger partial charge in [0.15, 0.2) is 5.58 Å². The fraction of sp³-hybridized carbons (Fsp3) is 0.385. The second-order valence-corrected chi connectivity index (χ2v) is 7.02. The lowest BCUT2D eigenvalue weighted by atomic mass is 10.2. The second kappa shape index (κ2) is 6.13. The van der Waals surface area contributed by atoms with Crippen molar-refractivity contribution in [1.82, 2.24) is 4.98 Å². The summed E-state index contributed by atoms with van der Waals surface area (Å²) in [5, 5.41) is 11.8.